The van der Waals surface area contributed by atoms with Crippen LogP contribution in [0.1, 0.15) is 12.5 Å². The lowest BCUT2D eigenvalue weighted by atomic mass is 10.0. The first-order chi connectivity index (χ1) is 15.5. The molecule has 0 fully saturated rings. The average molecular weight is 491 g/mol. The van der Waals surface area contributed by atoms with E-state index < -0.39 is 11.5 Å². The first-order valence-electron chi connectivity index (χ1n) is 9.85. The summed E-state index contributed by atoms with van der Waals surface area (Å²) < 4.78 is 11.9. The van der Waals surface area contributed by atoms with Crippen LogP contribution in [-0.4, -0.2) is 18.2 Å². The summed E-state index contributed by atoms with van der Waals surface area (Å²) in [6.45, 7) is 1.57. The van der Waals surface area contributed by atoms with E-state index in [0.29, 0.717) is 17.0 Å². The third-order valence-corrected chi connectivity index (χ3v) is 5.31. The number of hydrogen-bond acceptors (Lipinski definition) is 5. The maximum atomic E-state index is 12.1. The highest BCUT2D eigenvalue weighted by Crippen LogP contribution is 2.29. The van der Waals surface area contributed by atoms with Crippen LogP contribution in [0.25, 0.3) is 22.1 Å². The van der Waals surface area contributed by atoms with Gasteiger partial charge in [-0.3, -0.25) is 4.79 Å². The number of carbonyl (C=O) groups excluding carboxylic acids is 1. The monoisotopic (exact) mass is 490 g/mol. The molecule has 0 bridgehead atoms. The van der Waals surface area contributed by atoms with Crippen LogP contribution >= 0.6 is 15.9 Å². The van der Waals surface area contributed by atoms with E-state index >= 15 is 0 Å². The molecule has 4 aromatic rings. The second-order valence-electron chi connectivity index (χ2n) is 7.03. The molecule has 1 heterocycles. The van der Waals surface area contributed by atoms with Crippen LogP contribution in [0.3, 0.4) is 0 Å². The second-order valence-corrected chi connectivity index (χ2v) is 7.95. The van der Waals surface area contributed by atoms with Crippen LogP contribution in [0.4, 0.5) is 0 Å². The fourth-order valence-electron chi connectivity index (χ4n) is 3.17. The lowest BCUT2D eigenvalue weighted by Crippen LogP contribution is -2.25. The molecule has 0 unspecified atom stereocenters. The Labute approximate surface area is 192 Å². The summed E-state index contributed by atoms with van der Waals surface area (Å²) in [6.07, 6.45) is 0. The molecule has 0 spiro atoms. The van der Waals surface area contributed by atoms with Gasteiger partial charge in [0.1, 0.15) is 11.3 Å². The molecule has 32 heavy (non-hydrogen) atoms. The summed E-state index contributed by atoms with van der Waals surface area (Å²) in [5.41, 5.74) is 5.67. The topological polar surface area (TPSA) is 80.9 Å². The number of amides is 1. The van der Waals surface area contributed by atoms with Gasteiger partial charge >= 0.3 is 5.63 Å². The number of fused-ring (bicyclic) bond motifs is 1. The minimum Gasteiger partial charge on any atom is -0.484 e. The largest absolute Gasteiger partial charge is 0.484 e. The molecular formula is C25H19BrN2O4. The number of rotatable bonds is 6. The van der Waals surface area contributed by atoms with Gasteiger partial charge in [0.05, 0.1) is 5.71 Å². The Morgan fingerprint density at radius 3 is 2.53 bits per heavy atom. The fraction of sp³-hybridized carbons (Fsp3) is 0.0800. The molecule has 1 N–H and O–H groups in total. The van der Waals surface area contributed by atoms with Crippen LogP contribution in [0.2, 0.25) is 0 Å². The summed E-state index contributed by atoms with van der Waals surface area (Å²) in [4.78, 5) is 24.2. The van der Waals surface area contributed by atoms with Crippen molar-refractivity contribution >= 4 is 38.5 Å². The second kappa shape index (κ2) is 9.62. The zero-order valence-electron chi connectivity index (χ0n) is 17.2. The number of hydrogen-bond donors (Lipinski definition) is 1. The predicted octanol–water partition coefficient (Wildman–Crippen LogP) is 5.14. The van der Waals surface area contributed by atoms with Crippen molar-refractivity contribution in [1.82, 2.24) is 5.43 Å². The quantitative estimate of drug-likeness (QED) is 0.230. The van der Waals surface area contributed by atoms with Gasteiger partial charge < -0.3 is 9.15 Å². The molecule has 7 heteroatoms. The zero-order chi connectivity index (χ0) is 22.5. The maximum absolute atomic E-state index is 12.1. The van der Waals surface area contributed by atoms with Gasteiger partial charge in [-0.15, -0.1) is 0 Å². The molecular weight excluding hydrogens is 472 g/mol. The number of carbonyl (C=O) groups is 1. The Kier molecular flexibility index (Phi) is 6.47. The molecule has 6 nitrogen and oxygen atoms in total. The van der Waals surface area contributed by atoms with E-state index in [1.165, 1.54) is 6.07 Å². The molecule has 0 saturated carbocycles. The summed E-state index contributed by atoms with van der Waals surface area (Å²) >= 11 is 3.38. The van der Waals surface area contributed by atoms with Crippen LogP contribution in [-0.2, 0) is 4.79 Å². The number of nitrogens with zero attached hydrogens (tertiary/aromatic N) is 1. The number of hydrazone groups is 1. The molecule has 1 amide bonds. The summed E-state index contributed by atoms with van der Waals surface area (Å²) in [7, 11) is 0. The highest BCUT2D eigenvalue weighted by atomic mass is 79.9. The van der Waals surface area contributed by atoms with Gasteiger partial charge in [0.25, 0.3) is 5.91 Å². The lowest BCUT2D eigenvalue weighted by molar-refractivity contribution is -0.123. The number of benzene rings is 3. The number of ether oxygens (including phenoxy) is 1. The smallest absolute Gasteiger partial charge is 0.336 e. The van der Waals surface area contributed by atoms with Gasteiger partial charge in [-0.05, 0) is 47.9 Å². The highest BCUT2D eigenvalue weighted by molar-refractivity contribution is 9.10. The number of nitrogens with one attached hydrogen (secondary N) is 1. The molecule has 0 aliphatic carbocycles. The lowest BCUT2D eigenvalue weighted by Gasteiger charge is -2.09. The van der Waals surface area contributed by atoms with Gasteiger partial charge in [0, 0.05) is 22.0 Å². The molecule has 3 aromatic carbocycles. The molecule has 0 aliphatic heterocycles. The molecule has 1 aromatic heterocycles. The van der Waals surface area contributed by atoms with Gasteiger partial charge in [0.2, 0.25) is 0 Å². The first kappa shape index (κ1) is 21.5. The minimum absolute atomic E-state index is 0.231. The highest BCUT2D eigenvalue weighted by Gasteiger charge is 2.10. The summed E-state index contributed by atoms with van der Waals surface area (Å²) in [5, 5.41) is 4.88. The minimum atomic E-state index is -0.455. The number of halogens is 1. The van der Waals surface area contributed by atoms with E-state index in [1.54, 1.807) is 19.1 Å². The zero-order valence-corrected chi connectivity index (χ0v) is 18.8. The average Bonchev–Trinajstić information content (AvgIpc) is 2.81. The van der Waals surface area contributed by atoms with Crippen molar-refractivity contribution in [2.45, 2.75) is 6.92 Å². The van der Waals surface area contributed by atoms with Crippen LogP contribution in [0.15, 0.2) is 97.6 Å². The Morgan fingerprint density at radius 1 is 1.03 bits per heavy atom. The maximum Gasteiger partial charge on any atom is 0.336 e. The van der Waals surface area contributed by atoms with E-state index in [0.717, 1.165) is 26.5 Å². The van der Waals surface area contributed by atoms with E-state index in [-0.39, 0.29) is 6.61 Å². The van der Waals surface area contributed by atoms with Crippen molar-refractivity contribution in [3.8, 4) is 16.9 Å². The van der Waals surface area contributed by atoms with E-state index in [4.69, 9.17) is 9.15 Å². The van der Waals surface area contributed by atoms with Crippen molar-refractivity contribution < 1.29 is 13.9 Å². The van der Waals surface area contributed by atoms with E-state index in [9.17, 15) is 9.59 Å². The van der Waals surface area contributed by atoms with Gasteiger partial charge in [-0.1, -0.05) is 58.4 Å². The molecule has 0 saturated heterocycles. The fourth-order valence-corrected chi connectivity index (χ4v) is 3.44. The van der Waals surface area contributed by atoms with Crippen molar-refractivity contribution in [2.24, 2.45) is 5.10 Å². The Balaban J connectivity index is 1.45. The predicted molar refractivity (Wildman–Crippen MR) is 128 cm³/mol. The Bertz CT molecular complexity index is 1350. The molecule has 0 aliphatic rings. The summed E-state index contributed by atoms with van der Waals surface area (Å²) in [6, 6.07) is 23.8. The third-order valence-electron chi connectivity index (χ3n) is 4.78. The van der Waals surface area contributed by atoms with E-state index in [2.05, 4.69) is 26.5 Å². The van der Waals surface area contributed by atoms with Gasteiger partial charge in [-0.2, -0.15) is 5.10 Å². The van der Waals surface area contributed by atoms with Crippen LogP contribution in [0, 0.1) is 0 Å². The van der Waals surface area contributed by atoms with Gasteiger partial charge in [0.15, 0.2) is 6.61 Å². The molecule has 0 atom stereocenters. The molecule has 160 valence electrons. The normalized spacial score (nSPS) is 11.4. The molecule has 0 radical (unpaired) electrons. The first-order valence-corrected chi connectivity index (χ1v) is 10.6. The molecule has 4 rings (SSSR count). The van der Waals surface area contributed by atoms with Gasteiger partial charge in [-0.25, -0.2) is 10.2 Å². The van der Waals surface area contributed by atoms with Crippen molar-refractivity contribution in [2.75, 3.05) is 6.61 Å². The Hall–Kier alpha value is -3.71. The van der Waals surface area contributed by atoms with Crippen LogP contribution in [0.5, 0.6) is 5.75 Å². The summed E-state index contributed by atoms with van der Waals surface area (Å²) in [5.74, 6) is 0.00988. The standard InChI is InChI=1S/C25H19BrN2O4/c1-16(17-7-9-19(26)10-8-17)27-28-24(29)15-31-20-11-12-21-22(18-5-3-2-4-6-18)14-25(30)32-23(21)13-20/h2-14H,15H2,1H3,(H,28,29)/b27-16+. The van der Waals surface area contributed by atoms with E-state index in [1.807, 2.05) is 60.7 Å². The SMILES string of the molecule is C/C(=N\NC(=O)COc1ccc2c(-c3ccccc3)cc(=O)oc2c1)c1ccc(Br)cc1. The van der Waals surface area contributed by atoms with Crippen LogP contribution < -0.4 is 15.8 Å². The Morgan fingerprint density at radius 2 is 1.78 bits per heavy atom. The van der Waals surface area contributed by atoms with Crippen molar-refractivity contribution in [3.05, 3.63) is 99.3 Å². The van der Waals surface area contributed by atoms with Crippen molar-refractivity contribution in [3.63, 3.8) is 0 Å². The van der Waals surface area contributed by atoms with Crippen molar-refractivity contribution in [1.29, 1.82) is 0 Å². The third kappa shape index (κ3) is 5.12.